The molecule has 2 saturated heterocycles. The molecule has 2 aliphatic rings. The molecule has 0 saturated carbocycles. The fourth-order valence-corrected chi connectivity index (χ4v) is 2.57. The van der Waals surface area contributed by atoms with Crippen molar-refractivity contribution in [2.75, 3.05) is 6.61 Å². The lowest BCUT2D eigenvalue weighted by Gasteiger charge is -2.23. The van der Waals surface area contributed by atoms with Crippen LogP contribution in [0.3, 0.4) is 0 Å². The van der Waals surface area contributed by atoms with E-state index in [0.29, 0.717) is 0 Å². The van der Waals surface area contributed by atoms with Gasteiger partial charge in [-0.1, -0.05) is 5.11 Å². The molecule has 2 heterocycles. The smallest absolute Gasteiger partial charge is 0.344 e. The van der Waals surface area contributed by atoms with E-state index >= 15 is 0 Å². The van der Waals surface area contributed by atoms with E-state index in [-0.39, 0.29) is 0 Å². The Hall–Kier alpha value is -1.11. The fraction of sp³-hybridized carbons (Fsp3) is 1.00. The van der Waals surface area contributed by atoms with Gasteiger partial charge in [0.2, 0.25) is 0 Å². The first kappa shape index (κ1) is 17.2. The van der Waals surface area contributed by atoms with E-state index in [1.165, 1.54) is 0 Å². The van der Waals surface area contributed by atoms with Crippen LogP contribution in [0.25, 0.3) is 10.4 Å². The second-order valence-corrected chi connectivity index (χ2v) is 6.63. The van der Waals surface area contributed by atoms with Crippen molar-refractivity contribution in [2.24, 2.45) is 5.11 Å². The van der Waals surface area contributed by atoms with Gasteiger partial charge < -0.3 is 14.2 Å². The zero-order valence-electron chi connectivity index (χ0n) is 11.3. The van der Waals surface area contributed by atoms with Gasteiger partial charge >= 0.3 is 15.6 Å². The number of hydrogen-bond acceptors (Lipinski definition) is 7. The SMILES string of the molecule is CC1(C)O[C@H]2O[C@H](COS(=O)(=O)C(F)(F)F)[C@@H](N=[N+]=[N-])[C@H]2O1. The molecule has 4 atom stereocenters. The van der Waals surface area contributed by atoms with Gasteiger partial charge in [0.1, 0.15) is 6.10 Å². The Labute approximate surface area is 123 Å². The molecule has 0 bridgehead atoms. The fourth-order valence-electron chi connectivity index (χ4n) is 2.12. The van der Waals surface area contributed by atoms with E-state index < -0.39 is 52.6 Å². The predicted octanol–water partition coefficient (Wildman–Crippen LogP) is 1.41. The van der Waals surface area contributed by atoms with Crippen molar-refractivity contribution in [2.45, 2.75) is 49.7 Å². The first-order valence-electron chi connectivity index (χ1n) is 5.98. The van der Waals surface area contributed by atoms with Crippen molar-refractivity contribution in [1.82, 2.24) is 0 Å². The Morgan fingerprint density at radius 3 is 2.55 bits per heavy atom. The maximum Gasteiger partial charge on any atom is 0.523 e. The Morgan fingerprint density at radius 2 is 2.00 bits per heavy atom. The van der Waals surface area contributed by atoms with Crippen molar-refractivity contribution in [3.63, 3.8) is 0 Å². The molecule has 22 heavy (non-hydrogen) atoms. The quantitative estimate of drug-likeness (QED) is 0.249. The molecular formula is C9H12F3N3O6S. The molecule has 2 rings (SSSR count). The number of fused-ring (bicyclic) bond motifs is 1. The third-order valence-corrected chi connectivity index (χ3v) is 3.98. The molecule has 0 spiro atoms. The van der Waals surface area contributed by atoms with Crippen LogP contribution in [0.2, 0.25) is 0 Å². The second kappa shape index (κ2) is 5.51. The van der Waals surface area contributed by atoms with Crippen LogP contribution in [0.1, 0.15) is 13.8 Å². The lowest BCUT2D eigenvalue weighted by molar-refractivity contribution is -0.208. The molecule has 2 fully saturated rings. The molecule has 0 unspecified atom stereocenters. The van der Waals surface area contributed by atoms with Crippen LogP contribution in [0, 0.1) is 0 Å². The molecule has 0 aromatic rings. The van der Waals surface area contributed by atoms with Gasteiger partial charge in [0, 0.05) is 4.91 Å². The summed E-state index contributed by atoms with van der Waals surface area (Å²) in [6.07, 6.45) is -3.11. The zero-order chi connectivity index (χ0) is 16.8. The first-order chi connectivity index (χ1) is 9.97. The molecule has 0 aromatic carbocycles. The average Bonchev–Trinajstić information content (AvgIpc) is 2.79. The van der Waals surface area contributed by atoms with Crippen molar-refractivity contribution in [3.8, 4) is 0 Å². The molecule has 13 heteroatoms. The second-order valence-electron chi connectivity index (χ2n) is 5.02. The Bertz CT molecular complexity index is 588. The average molecular weight is 347 g/mol. The highest BCUT2D eigenvalue weighted by Gasteiger charge is 2.55. The van der Waals surface area contributed by atoms with E-state index in [4.69, 9.17) is 19.7 Å². The number of alkyl halides is 3. The molecule has 0 aliphatic carbocycles. The first-order valence-corrected chi connectivity index (χ1v) is 7.39. The molecule has 9 nitrogen and oxygen atoms in total. The van der Waals surface area contributed by atoms with Gasteiger partial charge in [0.05, 0.1) is 18.8 Å². The molecular weight excluding hydrogens is 335 g/mol. The lowest BCUT2D eigenvalue weighted by atomic mass is 10.1. The van der Waals surface area contributed by atoms with Crippen LogP contribution in [0.5, 0.6) is 0 Å². The molecule has 0 radical (unpaired) electrons. The summed E-state index contributed by atoms with van der Waals surface area (Å²) in [6.45, 7) is 2.16. The standard InChI is InChI=1S/C9H12F3N3O6S/c1-8(2)20-6-5(14-15-13)4(19-7(6)21-8)3-18-22(16,17)9(10,11)12/h4-7H,3H2,1-2H3/t4-,5-,6-,7-/m1/s1. The highest BCUT2D eigenvalue weighted by Crippen LogP contribution is 2.39. The van der Waals surface area contributed by atoms with Gasteiger partial charge in [0.15, 0.2) is 12.1 Å². The van der Waals surface area contributed by atoms with Crippen LogP contribution in [0.4, 0.5) is 13.2 Å². The summed E-state index contributed by atoms with van der Waals surface area (Å²) < 4.78 is 78.2. The Morgan fingerprint density at radius 1 is 1.36 bits per heavy atom. The zero-order valence-corrected chi connectivity index (χ0v) is 12.2. The van der Waals surface area contributed by atoms with Crippen molar-refractivity contribution in [1.29, 1.82) is 0 Å². The predicted molar refractivity (Wildman–Crippen MR) is 62.6 cm³/mol. The highest BCUT2D eigenvalue weighted by molar-refractivity contribution is 7.87. The third kappa shape index (κ3) is 3.29. The van der Waals surface area contributed by atoms with E-state index in [2.05, 4.69) is 14.2 Å². The normalized spacial score (nSPS) is 34.2. The van der Waals surface area contributed by atoms with Gasteiger partial charge in [0.25, 0.3) is 0 Å². The summed E-state index contributed by atoms with van der Waals surface area (Å²) in [5.41, 5.74) is 2.97. The van der Waals surface area contributed by atoms with Gasteiger partial charge in [-0.15, -0.1) is 0 Å². The van der Waals surface area contributed by atoms with Crippen molar-refractivity contribution in [3.05, 3.63) is 10.4 Å². The lowest BCUT2D eigenvalue weighted by Crippen LogP contribution is -2.37. The van der Waals surface area contributed by atoms with E-state index in [1.54, 1.807) is 13.8 Å². The van der Waals surface area contributed by atoms with Crippen molar-refractivity contribution >= 4 is 10.1 Å². The van der Waals surface area contributed by atoms with Gasteiger partial charge in [-0.2, -0.15) is 21.6 Å². The minimum absolute atomic E-state index is 0.868. The topological polar surface area (TPSA) is 120 Å². The van der Waals surface area contributed by atoms with Crippen LogP contribution in [-0.2, 0) is 28.5 Å². The Kier molecular flexibility index (Phi) is 4.32. The minimum atomic E-state index is -5.77. The largest absolute Gasteiger partial charge is 0.523 e. The van der Waals surface area contributed by atoms with Gasteiger partial charge in [-0.05, 0) is 19.4 Å². The summed E-state index contributed by atoms with van der Waals surface area (Å²) in [4.78, 5) is 2.55. The van der Waals surface area contributed by atoms with E-state index in [1.807, 2.05) is 0 Å². The van der Waals surface area contributed by atoms with E-state index in [0.717, 1.165) is 0 Å². The molecule has 126 valence electrons. The highest BCUT2D eigenvalue weighted by atomic mass is 32.2. The minimum Gasteiger partial charge on any atom is -0.344 e. The van der Waals surface area contributed by atoms with Gasteiger partial charge in [-0.3, -0.25) is 4.18 Å². The summed E-state index contributed by atoms with van der Waals surface area (Å²) in [7, 11) is -5.77. The summed E-state index contributed by atoms with van der Waals surface area (Å²) in [5, 5.41) is 3.37. The van der Waals surface area contributed by atoms with Crippen LogP contribution in [0.15, 0.2) is 5.11 Å². The number of halogens is 3. The van der Waals surface area contributed by atoms with Crippen LogP contribution < -0.4 is 0 Å². The number of rotatable bonds is 4. The van der Waals surface area contributed by atoms with Crippen molar-refractivity contribution < 1.29 is 40.0 Å². The number of azide groups is 1. The molecule has 0 aromatic heterocycles. The Balaban J connectivity index is 2.08. The molecule has 0 amide bonds. The number of nitrogens with zero attached hydrogens (tertiary/aromatic N) is 3. The molecule has 2 aliphatic heterocycles. The van der Waals surface area contributed by atoms with Crippen LogP contribution >= 0.6 is 0 Å². The summed E-state index contributed by atoms with van der Waals surface area (Å²) in [5.74, 6) is -1.03. The number of hydrogen-bond donors (Lipinski definition) is 0. The van der Waals surface area contributed by atoms with Crippen LogP contribution in [-0.4, -0.2) is 50.9 Å². The maximum absolute atomic E-state index is 12.2. The summed E-state index contributed by atoms with van der Waals surface area (Å²) >= 11 is 0. The summed E-state index contributed by atoms with van der Waals surface area (Å²) in [6, 6.07) is -1.08. The van der Waals surface area contributed by atoms with Gasteiger partial charge in [-0.25, -0.2) is 0 Å². The molecule has 0 N–H and O–H groups in total. The van der Waals surface area contributed by atoms with E-state index in [9.17, 15) is 21.6 Å². The number of ether oxygens (including phenoxy) is 3. The maximum atomic E-state index is 12.2. The monoisotopic (exact) mass is 347 g/mol. The third-order valence-electron chi connectivity index (χ3n) is 2.97.